The van der Waals surface area contributed by atoms with Gasteiger partial charge in [0.05, 0.1) is 0 Å². The molecule has 0 bridgehead atoms. The maximum atomic E-state index is 12.2. The first kappa shape index (κ1) is 8.84. The van der Waals surface area contributed by atoms with Crippen molar-refractivity contribution in [2.75, 3.05) is 0 Å². The zero-order valence-corrected chi connectivity index (χ0v) is 6.55. The minimum Gasteiger partial charge on any atom is -0.298 e. The second-order valence-electron chi connectivity index (χ2n) is 2.53. The third kappa shape index (κ3) is 1.67. The zero-order valence-electron chi connectivity index (χ0n) is 6.55. The number of aryl methyl sites for hydroxylation is 1. The molecule has 0 aromatic heterocycles. The number of carbonyl (C=O) groups is 1. The van der Waals surface area contributed by atoms with Gasteiger partial charge in [-0.15, -0.1) is 0 Å². The van der Waals surface area contributed by atoms with Crippen LogP contribution in [-0.2, 0) is 0 Å². The summed E-state index contributed by atoms with van der Waals surface area (Å²) in [5, 5.41) is 0. The molecule has 0 radical (unpaired) electrons. The van der Waals surface area contributed by atoms with Gasteiger partial charge in [0.15, 0.2) is 0 Å². The van der Waals surface area contributed by atoms with Crippen LogP contribution in [-0.4, -0.2) is 6.29 Å². The third-order valence-corrected chi connectivity index (χ3v) is 1.67. The predicted molar refractivity (Wildman–Crippen MR) is 41.5 cm³/mol. The number of rotatable bonds is 2. The van der Waals surface area contributed by atoms with Crippen LogP contribution in [0.5, 0.6) is 0 Å². The molecule has 0 spiro atoms. The average molecular weight is 170 g/mol. The maximum Gasteiger partial charge on any atom is 0.264 e. The van der Waals surface area contributed by atoms with E-state index in [0.29, 0.717) is 17.4 Å². The molecule has 0 saturated heterocycles. The summed E-state index contributed by atoms with van der Waals surface area (Å²) in [5.41, 5.74) is 0.868. The average Bonchev–Trinajstić information content (AvgIpc) is 2.03. The number of carbonyl (C=O) groups excluding carboxylic acids is 1. The third-order valence-electron chi connectivity index (χ3n) is 1.67. The van der Waals surface area contributed by atoms with E-state index in [1.54, 1.807) is 6.92 Å². The van der Waals surface area contributed by atoms with E-state index in [1.807, 2.05) is 0 Å². The Labute approximate surface area is 69.0 Å². The summed E-state index contributed by atoms with van der Waals surface area (Å²) >= 11 is 0. The summed E-state index contributed by atoms with van der Waals surface area (Å²) in [7, 11) is 0. The summed E-state index contributed by atoms with van der Waals surface area (Å²) in [5.74, 6) is 0. The van der Waals surface area contributed by atoms with E-state index in [0.717, 1.165) is 0 Å². The molecule has 1 aromatic carbocycles. The highest BCUT2D eigenvalue weighted by Gasteiger charge is 2.09. The van der Waals surface area contributed by atoms with Crippen molar-refractivity contribution in [2.24, 2.45) is 0 Å². The molecule has 0 unspecified atom stereocenters. The Balaban J connectivity index is 3.11. The lowest BCUT2D eigenvalue weighted by molar-refractivity contribution is 0.112. The molecule has 0 N–H and O–H groups in total. The molecule has 1 nitrogen and oxygen atoms in total. The van der Waals surface area contributed by atoms with Gasteiger partial charge in [0.2, 0.25) is 0 Å². The fraction of sp³-hybridized carbons (Fsp3) is 0.222. The lowest BCUT2D eigenvalue weighted by Gasteiger charge is -2.03. The van der Waals surface area contributed by atoms with Crippen LogP contribution in [0.1, 0.15) is 27.9 Å². The standard InChI is InChI=1S/C9H8F2O/c1-6-4-7(5-12)2-3-8(6)9(10)11/h2-5,9H,1H3. The fourth-order valence-corrected chi connectivity index (χ4v) is 1.02. The van der Waals surface area contributed by atoms with E-state index in [2.05, 4.69) is 0 Å². The monoisotopic (exact) mass is 170 g/mol. The van der Waals surface area contributed by atoms with Crippen LogP contribution in [0, 0.1) is 6.92 Å². The molecule has 1 rings (SSSR count). The van der Waals surface area contributed by atoms with Crippen molar-refractivity contribution in [1.29, 1.82) is 0 Å². The first-order valence-corrected chi connectivity index (χ1v) is 3.49. The van der Waals surface area contributed by atoms with Crippen LogP contribution in [0.2, 0.25) is 0 Å². The minimum absolute atomic E-state index is 0.0133. The lowest BCUT2D eigenvalue weighted by Crippen LogP contribution is -1.91. The molecule has 64 valence electrons. The quantitative estimate of drug-likeness (QED) is 0.623. The molecular weight excluding hydrogens is 162 g/mol. The van der Waals surface area contributed by atoms with Gasteiger partial charge in [0, 0.05) is 11.1 Å². The zero-order chi connectivity index (χ0) is 9.14. The summed E-state index contributed by atoms with van der Waals surface area (Å²) in [6.07, 6.45) is -1.83. The van der Waals surface area contributed by atoms with Crippen molar-refractivity contribution in [1.82, 2.24) is 0 Å². The van der Waals surface area contributed by atoms with Gasteiger partial charge >= 0.3 is 0 Å². The molecule has 0 atom stereocenters. The molecule has 0 heterocycles. The van der Waals surface area contributed by atoms with Gasteiger partial charge in [-0.2, -0.15) is 0 Å². The fourth-order valence-electron chi connectivity index (χ4n) is 1.02. The Morgan fingerprint density at radius 3 is 2.50 bits per heavy atom. The van der Waals surface area contributed by atoms with Crippen LogP contribution in [0.25, 0.3) is 0 Å². The SMILES string of the molecule is Cc1cc(C=O)ccc1C(F)F. The van der Waals surface area contributed by atoms with E-state index in [4.69, 9.17) is 0 Å². The van der Waals surface area contributed by atoms with Crippen molar-refractivity contribution >= 4 is 6.29 Å². The summed E-state index contributed by atoms with van der Waals surface area (Å²) in [4.78, 5) is 10.3. The van der Waals surface area contributed by atoms with Gasteiger partial charge in [-0.05, 0) is 18.6 Å². The molecule has 0 amide bonds. The predicted octanol–water partition coefficient (Wildman–Crippen LogP) is 2.75. The molecule has 3 heteroatoms. The second kappa shape index (κ2) is 3.43. The molecule has 0 fully saturated rings. The van der Waals surface area contributed by atoms with Crippen molar-refractivity contribution < 1.29 is 13.6 Å². The van der Waals surface area contributed by atoms with Crippen LogP contribution < -0.4 is 0 Å². The van der Waals surface area contributed by atoms with E-state index in [9.17, 15) is 13.6 Å². The number of aldehydes is 1. The van der Waals surface area contributed by atoms with Crippen molar-refractivity contribution in [2.45, 2.75) is 13.3 Å². The van der Waals surface area contributed by atoms with E-state index < -0.39 is 6.43 Å². The number of benzene rings is 1. The Kier molecular flexibility index (Phi) is 2.53. The first-order valence-electron chi connectivity index (χ1n) is 3.49. The van der Waals surface area contributed by atoms with E-state index in [1.165, 1.54) is 18.2 Å². The molecule has 0 aliphatic heterocycles. The summed E-state index contributed by atoms with van der Waals surface area (Å²) in [6.45, 7) is 1.56. The van der Waals surface area contributed by atoms with Gasteiger partial charge in [0.25, 0.3) is 6.43 Å². The molecule has 12 heavy (non-hydrogen) atoms. The van der Waals surface area contributed by atoms with Crippen molar-refractivity contribution in [3.8, 4) is 0 Å². The normalized spacial score (nSPS) is 10.3. The number of hydrogen-bond acceptors (Lipinski definition) is 1. The number of halogens is 2. The van der Waals surface area contributed by atoms with Gasteiger partial charge in [-0.1, -0.05) is 12.1 Å². The van der Waals surface area contributed by atoms with Crippen LogP contribution >= 0.6 is 0 Å². The first-order chi connectivity index (χ1) is 5.65. The highest BCUT2D eigenvalue weighted by atomic mass is 19.3. The maximum absolute atomic E-state index is 12.2. The highest BCUT2D eigenvalue weighted by Crippen LogP contribution is 2.22. The van der Waals surface area contributed by atoms with Gasteiger partial charge in [0.1, 0.15) is 6.29 Å². The molecule has 1 aromatic rings. The van der Waals surface area contributed by atoms with Gasteiger partial charge in [-0.3, -0.25) is 4.79 Å². The Hall–Kier alpha value is -1.25. The molecule has 0 aliphatic carbocycles. The van der Waals surface area contributed by atoms with E-state index >= 15 is 0 Å². The topological polar surface area (TPSA) is 17.1 Å². The lowest BCUT2D eigenvalue weighted by atomic mass is 10.1. The minimum atomic E-state index is -2.47. The number of hydrogen-bond donors (Lipinski definition) is 0. The van der Waals surface area contributed by atoms with Gasteiger partial charge in [-0.25, -0.2) is 8.78 Å². The van der Waals surface area contributed by atoms with Crippen LogP contribution in [0.15, 0.2) is 18.2 Å². The molecular formula is C9H8F2O. The molecule has 0 aliphatic rings. The largest absolute Gasteiger partial charge is 0.298 e. The second-order valence-corrected chi connectivity index (χ2v) is 2.53. The highest BCUT2D eigenvalue weighted by molar-refractivity contribution is 5.75. The van der Waals surface area contributed by atoms with Crippen LogP contribution in [0.3, 0.4) is 0 Å². The van der Waals surface area contributed by atoms with E-state index in [-0.39, 0.29) is 5.56 Å². The Morgan fingerprint density at radius 2 is 2.08 bits per heavy atom. The Morgan fingerprint density at radius 1 is 1.42 bits per heavy atom. The summed E-state index contributed by atoms with van der Waals surface area (Å²) < 4.78 is 24.4. The van der Waals surface area contributed by atoms with Crippen molar-refractivity contribution in [3.63, 3.8) is 0 Å². The molecule has 0 saturated carbocycles. The smallest absolute Gasteiger partial charge is 0.264 e. The number of alkyl halides is 2. The van der Waals surface area contributed by atoms with Gasteiger partial charge < -0.3 is 0 Å². The Bertz CT molecular complexity index is 295. The van der Waals surface area contributed by atoms with Crippen LogP contribution in [0.4, 0.5) is 8.78 Å². The van der Waals surface area contributed by atoms with Crippen molar-refractivity contribution in [3.05, 3.63) is 34.9 Å². The summed E-state index contributed by atoms with van der Waals surface area (Å²) in [6, 6.07) is 4.12.